The number of carbonyl (C=O) groups excluding carboxylic acids is 1. The molecule has 0 atom stereocenters. The van der Waals surface area contributed by atoms with Crippen molar-refractivity contribution < 1.29 is 17.6 Å². The molecule has 1 saturated heterocycles. The summed E-state index contributed by atoms with van der Waals surface area (Å²) in [7, 11) is -3.79. The average molecular weight is 484 g/mol. The molecule has 1 N–H and O–H groups in total. The number of aromatic nitrogens is 1. The zero-order chi connectivity index (χ0) is 24.3. The van der Waals surface area contributed by atoms with Gasteiger partial charge in [0.15, 0.2) is 0 Å². The molecule has 0 spiro atoms. The van der Waals surface area contributed by atoms with Crippen LogP contribution >= 0.6 is 0 Å². The van der Waals surface area contributed by atoms with Crippen LogP contribution in [0, 0.1) is 12.7 Å². The van der Waals surface area contributed by atoms with Crippen LogP contribution in [0.5, 0.6) is 0 Å². The molecule has 1 aliphatic rings. The van der Waals surface area contributed by atoms with E-state index in [2.05, 4.69) is 4.72 Å². The minimum absolute atomic E-state index is 0.00847. The summed E-state index contributed by atoms with van der Waals surface area (Å²) in [5.41, 5.74) is 1.81. The lowest BCUT2D eigenvalue weighted by atomic mass is 10.1. The molecule has 1 aliphatic heterocycles. The molecule has 2 heterocycles. The molecular formula is C25H26FN3O4S. The molecule has 1 aromatic heterocycles. The maximum Gasteiger partial charge on any atom is 0.263 e. The minimum atomic E-state index is -3.79. The Morgan fingerprint density at radius 3 is 2.44 bits per heavy atom. The molecule has 2 aromatic carbocycles. The maximum atomic E-state index is 13.1. The number of hydrogen-bond donors (Lipinski definition) is 1. The summed E-state index contributed by atoms with van der Waals surface area (Å²) in [4.78, 5) is 27.6. The first-order valence-electron chi connectivity index (χ1n) is 11.0. The van der Waals surface area contributed by atoms with Gasteiger partial charge in [-0.1, -0.05) is 29.8 Å². The number of benzene rings is 2. The molecule has 1 amide bonds. The van der Waals surface area contributed by atoms with Gasteiger partial charge in [-0.25, -0.2) is 17.5 Å². The van der Waals surface area contributed by atoms with Crippen LogP contribution in [0.2, 0.25) is 0 Å². The fourth-order valence-electron chi connectivity index (χ4n) is 4.10. The van der Waals surface area contributed by atoms with Crippen LogP contribution < -0.4 is 10.3 Å². The fourth-order valence-corrected chi connectivity index (χ4v) is 5.41. The van der Waals surface area contributed by atoms with Gasteiger partial charge >= 0.3 is 0 Å². The highest BCUT2D eigenvalue weighted by molar-refractivity contribution is 7.89. The maximum absolute atomic E-state index is 13.1. The summed E-state index contributed by atoms with van der Waals surface area (Å²) in [5, 5.41) is 0. The first kappa shape index (κ1) is 23.8. The van der Waals surface area contributed by atoms with Gasteiger partial charge in [0.1, 0.15) is 11.4 Å². The van der Waals surface area contributed by atoms with Crippen molar-refractivity contribution in [1.82, 2.24) is 14.2 Å². The number of likely N-dealkylation sites (tertiary alicyclic amines) is 1. The summed E-state index contributed by atoms with van der Waals surface area (Å²) >= 11 is 0. The summed E-state index contributed by atoms with van der Waals surface area (Å²) in [6.45, 7) is 2.99. The van der Waals surface area contributed by atoms with Crippen LogP contribution in [-0.2, 0) is 16.6 Å². The molecule has 3 aromatic rings. The fraction of sp³-hybridized carbons (Fsp3) is 0.280. The summed E-state index contributed by atoms with van der Waals surface area (Å²) < 4.78 is 42.3. The molecular weight excluding hydrogens is 457 g/mol. The standard InChI is InChI=1S/C25H26FN3O4S/c1-18-4-2-5-19(16-18)17-29-13-3-6-23(25(29)31)24(30)28-14-11-21(12-15-28)27-34(32,33)22-9-7-20(26)8-10-22/h2-10,13,16,21,27H,11-12,14-15,17H2,1H3. The smallest absolute Gasteiger partial charge is 0.263 e. The van der Waals surface area contributed by atoms with Crippen molar-refractivity contribution in [2.24, 2.45) is 0 Å². The van der Waals surface area contributed by atoms with E-state index >= 15 is 0 Å². The third-order valence-corrected chi connectivity index (χ3v) is 7.45. The lowest BCUT2D eigenvalue weighted by molar-refractivity contribution is 0.0709. The Bertz CT molecular complexity index is 1350. The van der Waals surface area contributed by atoms with Crippen LogP contribution in [0.1, 0.15) is 34.3 Å². The first-order valence-corrected chi connectivity index (χ1v) is 12.5. The summed E-state index contributed by atoms with van der Waals surface area (Å²) in [6, 6.07) is 15.3. The molecule has 1 fully saturated rings. The number of hydrogen-bond acceptors (Lipinski definition) is 4. The lowest BCUT2D eigenvalue weighted by Gasteiger charge is -2.32. The Kier molecular flexibility index (Phi) is 6.95. The highest BCUT2D eigenvalue weighted by Crippen LogP contribution is 2.17. The molecule has 0 bridgehead atoms. The number of pyridine rings is 1. The number of nitrogens with one attached hydrogen (secondary N) is 1. The van der Waals surface area contributed by atoms with E-state index in [4.69, 9.17) is 0 Å². The Balaban J connectivity index is 1.40. The first-order chi connectivity index (χ1) is 16.2. The minimum Gasteiger partial charge on any atom is -0.338 e. The highest BCUT2D eigenvalue weighted by atomic mass is 32.2. The molecule has 34 heavy (non-hydrogen) atoms. The number of aryl methyl sites for hydroxylation is 1. The van der Waals surface area contributed by atoms with E-state index in [0.717, 1.165) is 23.3 Å². The van der Waals surface area contributed by atoms with Crippen molar-refractivity contribution in [2.45, 2.75) is 37.2 Å². The predicted octanol–water partition coefficient (Wildman–Crippen LogP) is 2.93. The van der Waals surface area contributed by atoms with Crippen LogP contribution in [0.3, 0.4) is 0 Å². The van der Waals surface area contributed by atoms with E-state index < -0.39 is 15.8 Å². The number of amides is 1. The van der Waals surface area contributed by atoms with E-state index in [1.807, 2.05) is 31.2 Å². The van der Waals surface area contributed by atoms with E-state index in [0.29, 0.717) is 32.5 Å². The molecule has 7 nitrogen and oxygen atoms in total. The largest absolute Gasteiger partial charge is 0.338 e. The number of rotatable bonds is 6. The van der Waals surface area contributed by atoms with Gasteiger partial charge in [-0.2, -0.15) is 0 Å². The van der Waals surface area contributed by atoms with E-state index in [-0.39, 0.29) is 28.0 Å². The number of carbonyl (C=O) groups is 1. The van der Waals surface area contributed by atoms with Crippen molar-refractivity contribution >= 4 is 15.9 Å². The number of nitrogens with zero attached hydrogens (tertiary/aromatic N) is 2. The van der Waals surface area contributed by atoms with E-state index in [9.17, 15) is 22.4 Å². The summed E-state index contributed by atoms with van der Waals surface area (Å²) in [6.07, 6.45) is 2.49. The van der Waals surface area contributed by atoms with E-state index in [1.165, 1.54) is 22.8 Å². The summed E-state index contributed by atoms with van der Waals surface area (Å²) in [5.74, 6) is -0.868. The highest BCUT2D eigenvalue weighted by Gasteiger charge is 2.28. The Morgan fingerprint density at radius 2 is 1.76 bits per heavy atom. The Morgan fingerprint density at radius 1 is 1.06 bits per heavy atom. The van der Waals surface area contributed by atoms with Crippen molar-refractivity contribution in [3.8, 4) is 0 Å². The second-order valence-corrected chi connectivity index (χ2v) is 10.2. The quantitative estimate of drug-likeness (QED) is 0.584. The van der Waals surface area contributed by atoms with Gasteiger partial charge in [-0.15, -0.1) is 0 Å². The average Bonchev–Trinajstić information content (AvgIpc) is 2.81. The van der Waals surface area contributed by atoms with E-state index in [1.54, 1.807) is 17.2 Å². The molecule has 0 radical (unpaired) electrons. The molecule has 0 unspecified atom stereocenters. The molecule has 4 rings (SSSR count). The van der Waals surface area contributed by atoms with Crippen molar-refractivity contribution in [1.29, 1.82) is 0 Å². The zero-order valence-corrected chi connectivity index (χ0v) is 19.6. The van der Waals surface area contributed by atoms with Gasteiger partial charge < -0.3 is 9.47 Å². The molecule has 0 saturated carbocycles. The monoisotopic (exact) mass is 483 g/mol. The second kappa shape index (κ2) is 9.90. The van der Waals surface area contributed by atoms with Crippen molar-refractivity contribution in [3.63, 3.8) is 0 Å². The van der Waals surface area contributed by atoms with Gasteiger partial charge in [-0.3, -0.25) is 9.59 Å². The Hall–Kier alpha value is -3.30. The van der Waals surface area contributed by atoms with Gasteiger partial charge in [0.2, 0.25) is 10.0 Å². The predicted molar refractivity (Wildman–Crippen MR) is 127 cm³/mol. The van der Waals surface area contributed by atoms with Crippen LogP contribution in [0.15, 0.2) is 76.6 Å². The Labute approximate surface area is 197 Å². The number of sulfonamides is 1. The van der Waals surface area contributed by atoms with Gasteiger partial charge in [0.05, 0.1) is 11.4 Å². The third-order valence-electron chi connectivity index (χ3n) is 5.91. The number of piperidine rings is 1. The lowest BCUT2D eigenvalue weighted by Crippen LogP contribution is -2.47. The molecule has 178 valence electrons. The van der Waals surface area contributed by atoms with Gasteiger partial charge in [-0.05, 0) is 61.7 Å². The molecule has 0 aliphatic carbocycles. The topological polar surface area (TPSA) is 88.5 Å². The second-order valence-electron chi connectivity index (χ2n) is 8.49. The third kappa shape index (κ3) is 5.43. The van der Waals surface area contributed by atoms with Crippen LogP contribution in [0.4, 0.5) is 4.39 Å². The zero-order valence-electron chi connectivity index (χ0n) is 18.8. The van der Waals surface area contributed by atoms with Crippen molar-refractivity contribution in [2.75, 3.05) is 13.1 Å². The van der Waals surface area contributed by atoms with Crippen molar-refractivity contribution in [3.05, 3.63) is 99.7 Å². The normalized spacial score (nSPS) is 14.8. The number of halogens is 1. The molecule has 9 heteroatoms. The van der Waals surface area contributed by atoms with Crippen LogP contribution in [-0.4, -0.2) is 42.9 Å². The SMILES string of the molecule is Cc1cccc(Cn2cccc(C(=O)N3CCC(NS(=O)(=O)c4ccc(F)cc4)CC3)c2=O)c1. The van der Waals surface area contributed by atoms with Gasteiger partial charge in [0.25, 0.3) is 11.5 Å². The van der Waals surface area contributed by atoms with Gasteiger partial charge in [0, 0.05) is 25.3 Å². The van der Waals surface area contributed by atoms with Crippen LogP contribution in [0.25, 0.3) is 0 Å².